The molecule has 8 heteroatoms. The molecule has 0 bridgehead atoms. The van der Waals surface area contributed by atoms with Crippen molar-refractivity contribution in [3.05, 3.63) is 45.1 Å². The molecule has 2 heterocycles. The maximum atomic E-state index is 6.20. The average Bonchev–Trinajstić information content (AvgIpc) is 3.06. The Bertz CT molecular complexity index is 695. The lowest BCUT2D eigenvalue weighted by atomic mass is 10.2. The number of ether oxygens (including phenoxy) is 2. The normalized spacial score (nSPS) is 13.3. The number of guanidine groups is 1. The zero-order valence-electron chi connectivity index (χ0n) is 13.0. The lowest BCUT2D eigenvalue weighted by Gasteiger charge is -2.20. The van der Waals surface area contributed by atoms with E-state index >= 15 is 0 Å². The van der Waals surface area contributed by atoms with Crippen molar-refractivity contribution in [1.82, 2.24) is 5.32 Å². The van der Waals surface area contributed by atoms with Gasteiger partial charge in [0.1, 0.15) is 13.2 Å². The minimum Gasteiger partial charge on any atom is -0.486 e. The Hall–Kier alpha value is -1.19. The summed E-state index contributed by atoms with van der Waals surface area (Å²) in [7, 11) is 0. The fourth-order valence-corrected chi connectivity index (χ4v) is 3.25. The number of hydrogen-bond acceptors (Lipinski definition) is 4. The summed E-state index contributed by atoms with van der Waals surface area (Å²) in [6, 6.07) is 7.88. The van der Waals surface area contributed by atoms with Crippen molar-refractivity contribution < 1.29 is 9.47 Å². The number of nitrogens with zero attached hydrogens (tertiary/aromatic N) is 1. The van der Waals surface area contributed by atoms with E-state index in [9.17, 15) is 0 Å². The number of nitrogens with one attached hydrogen (secondary N) is 1. The Morgan fingerprint density at radius 3 is 2.96 bits per heavy atom. The van der Waals surface area contributed by atoms with Gasteiger partial charge in [-0.05, 0) is 35.6 Å². The largest absolute Gasteiger partial charge is 0.486 e. The summed E-state index contributed by atoms with van der Waals surface area (Å²) in [5.41, 5.74) is 6.82. The van der Waals surface area contributed by atoms with Gasteiger partial charge in [-0.2, -0.15) is 0 Å². The number of aliphatic imine (C=N–C) groups is 1. The van der Waals surface area contributed by atoms with Gasteiger partial charge in [-0.1, -0.05) is 17.7 Å². The summed E-state index contributed by atoms with van der Waals surface area (Å²) in [6.45, 7) is 2.25. The van der Waals surface area contributed by atoms with E-state index in [4.69, 9.17) is 26.8 Å². The van der Waals surface area contributed by atoms with Crippen LogP contribution in [0.1, 0.15) is 10.4 Å². The van der Waals surface area contributed by atoms with Gasteiger partial charge in [0.25, 0.3) is 0 Å². The molecule has 0 unspecified atom stereocenters. The van der Waals surface area contributed by atoms with Crippen molar-refractivity contribution >= 4 is 52.9 Å². The molecule has 1 aromatic heterocycles. The highest BCUT2D eigenvalue weighted by molar-refractivity contribution is 14.0. The highest BCUT2D eigenvalue weighted by Gasteiger charge is 2.16. The molecule has 0 aliphatic carbocycles. The van der Waals surface area contributed by atoms with Crippen molar-refractivity contribution in [2.45, 2.75) is 13.0 Å². The van der Waals surface area contributed by atoms with Crippen LogP contribution < -0.4 is 20.5 Å². The highest BCUT2D eigenvalue weighted by Crippen LogP contribution is 2.38. The van der Waals surface area contributed by atoms with Crippen molar-refractivity contribution in [3.8, 4) is 11.5 Å². The standard InChI is InChI=1S/C16H18ClN3O2S.HI/c17-13-8-11(9-14-15(13)22-6-5-21-14)10-20-16(18)19-4-3-12-2-1-7-23-12;/h1-2,7-9H,3-6,10H2,(H3,18,19,20);1H. The summed E-state index contributed by atoms with van der Waals surface area (Å²) in [6.07, 6.45) is 0.934. The maximum absolute atomic E-state index is 6.20. The Kier molecular flexibility index (Phi) is 7.44. The molecule has 0 radical (unpaired) electrons. The molecular formula is C16H19ClIN3O2S. The number of thiophene rings is 1. The van der Waals surface area contributed by atoms with Gasteiger partial charge in [-0.25, -0.2) is 4.99 Å². The zero-order valence-corrected chi connectivity index (χ0v) is 16.9. The Labute approximate surface area is 167 Å². The van der Waals surface area contributed by atoms with E-state index in [0.717, 1.165) is 18.5 Å². The Morgan fingerprint density at radius 2 is 2.17 bits per heavy atom. The third-order valence-electron chi connectivity index (χ3n) is 3.35. The highest BCUT2D eigenvalue weighted by atomic mass is 127. The topological polar surface area (TPSA) is 68.9 Å². The zero-order chi connectivity index (χ0) is 16.1. The van der Waals surface area contributed by atoms with Crippen molar-refractivity contribution in [1.29, 1.82) is 0 Å². The fraction of sp³-hybridized carbons (Fsp3) is 0.312. The van der Waals surface area contributed by atoms with Gasteiger partial charge < -0.3 is 20.5 Å². The van der Waals surface area contributed by atoms with E-state index in [1.54, 1.807) is 11.3 Å². The molecule has 0 fully saturated rings. The Balaban J connectivity index is 0.00000208. The number of nitrogens with two attached hydrogens (primary N) is 1. The number of fused-ring (bicyclic) bond motifs is 1. The number of hydrogen-bond donors (Lipinski definition) is 2. The minimum absolute atomic E-state index is 0. The maximum Gasteiger partial charge on any atom is 0.188 e. The lowest BCUT2D eigenvalue weighted by Crippen LogP contribution is -2.33. The van der Waals surface area contributed by atoms with Gasteiger partial charge in [-0.15, -0.1) is 35.3 Å². The first-order valence-electron chi connectivity index (χ1n) is 7.36. The Morgan fingerprint density at radius 1 is 1.33 bits per heavy atom. The molecule has 0 spiro atoms. The van der Waals surface area contributed by atoms with Crippen LogP contribution in [-0.2, 0) is 13.0 Å². The van der Waals surface area contributed by atoms with Crippen LogP contribution in [0, 0.1) is 0 Å². The van der Waals surface area contributed by atoms with E-state index in [0.29, 0.717) is 42.2 Å². The first-order valence-corrected chi connectivity index (χ1v) is 8.62. The quantitative estimate of drug-likeness (QED) is 0.392. The van der Waals surface area contributed by atoms with Crippen molar-refractivity contribution in [2.24, 2.45) is 10.7 Å². The molecule has 0 atom stereocenters. The molecule has 0 saturated carbocycles. The van der Waals surface area contributed by atoms with Crippen LogP contribution >= 0.6 is 46.9 Å². The molecule has 24 heavy (non-hydrogen) atoms. The first-order chi connectivity index (χ1) is 11.2. The van der Waals surface area contributed by atoms with Gasteiger partial charge in [0, 0.05) is 11.4 Å². The molecule has 1 aromatic carbocycles. The molecule has 1 aliphatic rings. The van der Waals surface area contributed by atoms with Crippen LogP contribution in [-0.4, -0.2) is 25.7 Å². The van der Waals surface area contributed by atoms with Crippen LogP contribution in [0.15, 0.2) is 34.6 Å². The smallest absolute Gasteiger partial charge is 0.188 e. The van der Waals surface area contributed by atoms with Crippen molar-refractivity contribution in [3.63, 3.8) is 0 Å². The number of rotatable bonds is 5. The van der Waals surface area contributed by atoms with E-state index in [-0.39, 0.29) is 24.0 Å². The van der Waals surface area contributed by atoms with Crippen molar-refractivity contribution in [2.75, 3.05) is 19.8 Å². The minimum atomic E-state index is 0. The van der Waals surface area contributed by atoms with Gasteiger partial charge >= 0.3 is 0 Å². The monoisotopic (exact) mass is 479 g/mol. The summed E-state index contributed by atoms with van der Waals surface area (Å²) < 4.78 is 11.0. The third kappa shape index (κ3) is 5.15. The van der Waals surface area contributed by atoms with E-state index < -0.39 is 0 Å². The van der Waals surface area contributed by atoms with E-state index in [2.05, 4.69) is 21.8 Å². The molecule has 1 aliphatic heterocycles. The number of benzene rings is 1. The van der Waals surface area contributed by atoms with Crippen LogP contribution in [0.3, 0.4) is 0 Å². The second kappa shape index (κ2) is 9.33. The second-order valence-corrected chi connectivity index (χ2v) is 6.50. The van der Waals surface area contributed by atoms with Gasteiger partial charge in [0.05, 0.1) is 11.6 Å². The molecule has 3 rings (SSSR count). The molecule has 0 saturated heterocycles. The molecule has 3 N–H and O–H groups in total. The number of halogens is 2. The molecule has 5 nitrogen and oxygen atoms in total. The average molecular weight is 480 g/mol. The fourth-order valence-electron chi connectivity index (χ4n) is 2.26. The third-order valence-corrected chi connectivity index (χ3v) is 4.56. The molecule has 2 aromatic rings. The summed E-state index contributed by atoms with van der Waals surface area (Å²) in [5, 5.41) is 5.72. The van der Waals surface area contributed by atoms with Crippen LogP contribution in [0.25, 0.3) is 0 Å². The second-order valence-electron chi connectivity index (χ2n) is 5.06. The molecule has 130 valence electrons. The predicted octanol–water partition coefficient (Wildman–Crippen LogP) is 3.44. The first kappa shape index (κ1) is 19.1. The summed E-state index contributed by atoms with van der Waals surface area (Å²) in [5.74, 6) is 1.69. The van der Waals surface area contributed by atoms with Crippen LogP contribution in [0.4, 0.5) is 0 Å². The van der Waals surface area contributed by atoms with Crippen LogP contribution in [0.5, 0.6) is 11.5 Å². The molecular weight excluding hydrogens is 461 g/mol. The van der Waals surface area contributed by atoms with Gasteiger partial charge in [-0.3, -0.25) is 0 Å². The molecule has 0 amide bonds. The lowest BCUT2D eigenvalue weighted by molar-refractivity contribution is 0.171. The van der Waals surface area contributed by atoms with Gasteiger partial charge in [0.2, 0.25) is 0 Å². The van der Waals surface area contributed by atoms with Gasteiger partial charge in [0.15, 0.2) is 17.5 Å². The van der Waals surface area contributed by atoms with E-state index in [1.165, 1.54) is 4.88 Å². The predicted molar refractivity (Wildman–Crippen MR) is 109 cm³/mol. The summed E-state index contributed by atoms with van der Waals surface area (Å²) >= 11 is 7.94. The SMILES string of the molecule is I.NC(=NCc1cc(Cl)c2c(c1)OCCO2)NCCc1cccs1. The van der Waals surface area contributed by atoms with Crippen LogP contribution in [0.2, 0.25) is 5.02 Å². The van der Waals surface area contributed by atoms with E-state index in [1.807, 2.05) is 18.2 Å². The summed E-state index contributed by atoms with van der Waals surface area (Å²) in [4.78, 5) is 5.66.